The molecule has 0 spiro atoms. The second-order valence-corrected chi connectivity index (χ2v) is 8.62. The van der Waals surface area contributed by atoms with Crippen LogP contribution in [0.25, 0.3) is 0 Å². The number of benzene rings is 2. The summed E-state index contributed by atoms with van der Waals surface area (Å²) in [6.07, 6.45) is 3.69. The highest BCUT2D eigenvalue weighted by atomic mass is 35.5. The number of hydrogen-bond donors (Lipinski definition) is 1. The van der Waals surface area contributed by atoms with Crippen molar-refractivity contribution in [3.05, 3.63) is 77.2 Å². The van der Waals surface area contributed by atoms with Crippen molar-refractivity contribution in [1.82, 2.24) is 0 Å². The van der Waals surface area contributed by atoms with Crippen molar-refractivity contribution in [2.75, 3.05) is 16.8 Å². The number of carbonyl (C=O) groups excluding carboxylic acids is 2. The van der Waals surface area contributed by atoms with Gasteiger partial charge in [0.15, 0.2) is 0 Å². The van der Waals surface area contributed by atoms with Crippen LogP contribution in [0.4, 0.5) is 11.4 Å². The van der Waals surface area contributed by atoms with Crippen LogP contribution in [0.1, 0.15) is 22.8 Å². The number of amides is 2. The lowest BCUT2D eigenvalue weighted by atomic mass is 10.1. The highest BCUT2D eigenvalue weighted by Gasteiger charge is 2.26. The minimum absolute atomic E-state index is 0.0748. The summed E-state index contributed by atoms with van der Waals surface area (Å²) in [6, 6.07) is 14.7. The van der Waals surface area contributed by atoms with Gasteiger partial charge in [0.05, 0.1) is 17.1 Å². The number of fused-ring (bicyclic) bond motifs is 1. The monoisotopic (exact) mass is 426 g/mol. The summed E-state index contributed by atoms with van der Waals surface area (Å²) in [5.74, 6) is -0.156. The minimum Gasteiger partial charge on any atom is -0.472 e. The van der Waals surface area contributed by atoms with Crippen molar-refractivity contribution in [3.63, 3.8) is 0 Å². The Morgan fingerprint density at radius 3 is 2.69 bits per heavy atom. The molecule has 2 heterocycles. The normalized spacial score (nSPS) is 13.8. The van der Waals surface area contributed by atoms with Crippen molar-refractivity contribution in [1.29, 1.82) is 0 Å². The van der Waals surface area contributed by atoms with Gasteiger partial charge in [-0.05, 0) is 67.4 Å². The SMILES string of the molecule is CC(Sc1ccc(Cl)cc1)C(=O)Nc1ccc2c(c1)CCN2C(=O)c1ccoc1. The molecule has 3 aromatic rings. The lowest BCUT2D eigenvalue weighted by molar-refractivity contribution is -0.115. The molecule has 1 unspecified atom stereocenters. The molecule has 7 heteroatoms. The van der Waals surface area contributed by atoms with Gasteiger partial charge in [-0.3, -0.25) is 9.59 Å². The van der Waals surface area contributed by atoms with E-state index in [9.17, 15) is 9.59 Å². The molecule has 1 aromatic heterocycles. The fraction of sp³-hybridized carbons (Fsp3) is 0.182. The predicted octanol–water partition coefficient (Wildman–Crippen LogP) is 5.26. The molecule has 0 fully saturated rings. The maximum absolute atomic E-state index is 12.6. The first kappa shape index (κ1) is 19.6. The van der Waals surface area contributed by atoms with E-state index in [-0.39, 0.29) is 17.1 Å². The smallest absolute Gasteiger partial charge is 0.261 e. The number of hydrogen-bond acceptors (Lipinski definition) is 4. The van der Waals surface area contributed by atoms with Crippen LogP contribution in [0.2, 0.25) is 5.02 Å². The predicted molar refractivity (Wildman–Crippen MR) is 116 cm³/mol. The standard InChI is InChI=1S/C22H19ClN2O3S/c1-14(29-19-5-2-17(23)3-6-19)21(26)24-18-4-7-20-15(12-18)8-10-25(20)22(27)16-9-11-28-13-16/h2-7,9,11-14H,8,10H2,1H3,(H,24,26). The zero-order valence-corrected chi connectivity index (χ0v) is 17.3. The maximum Gasteiger partial charge on any atom is 0.261 e. The van der Waals surface area contributed by atoms with Gasteiger partial charge in [0, 0.05) is 27.8 Å². The number of furan rings is 1. The van der Waals surface area contributed by atoms with Gasteiger partial charge in [-0.1, -0.05) is 11.6 Å². The molecule has 148 valence electrons. The summed E-state index contributed by atoms with van der Waals surface area (Å²) in [7, 11) is 0. The molecule has 1 aliphatic rings. The first-order valence-electron chi connectivity index (χ1n) is 9.21. The van der Waals surface area contributed by atoms with Crippen LogP contribution in [0.5, 0.6) is 0 Å². The molecule has 0 bridgehead atoms. The minimum atomic E-state index is -0.261. The Labute approximate surface area is 178 Å². The Morgan fingerprint density at radius 2 is 1.97 bits per heavy atom. The van der Waals surface area contributed by atoms with Crippen molar-refractivity contribution in [2.45, 2.75) is 23.5 Å². The summed E-state index contributed by atoms with van der Waals surface area (Å²) in [4.78, 5) is 27.9. The first-order valence-corrected chi connectivity index (χ1v) is 10.5. The summed E-state index contributed by atoms with van der Waals surface area (Å²) in [6.45, 7) is 2.48. The third kappa shape index (κ3) is 4.33. The van der Waals surface area contributed by atoms with Crippen molar-refractivity contribution < 1.29 is 14.0 Å². The molecule has 1 N–H and O–H groups in total. The Kier molecular flexibility index (Phi) is 5.65. The van der Waals surface area contributed by atoms with Gasteiger partial charge in [0.1, 0.15) is 6.26 Å². The molecule has 0 saturated heterocycles. The molecular weight excluding hydrogens is 408 g/mol. The highest BCUT2D eigenvalue weighted by molar-refractivity contribution is 8.00. The number of nitrogens with one attached hydrogen (secondary N) is 1. The summed E-state index contributed by atoms with van der Waals surface area (Å²) in [5.41, 5.74) is 3.17. The summed E-state index contributed by atoms with van der Waals surface area (Å²) >= 11 is 7.38. The zero-order chi connectivity index (χ0) is 20.4. The lowest BCUT2D eigenvalue weighted by Gasteiger charge is -2.17. The third-order valence-electron chi connectivity index (χ3n) is 4.75. The van der Waals surface area contributed by atoms with Gasteiger partial charge >= 0.3 is 0 Å². The van der Waals surface area contributed by atoms with Crippen LogP contribution < -0.4 is 10.2 Å². The van der Waals surface area contributed by atoms with E-state index >= 15 is 0 Å². The maximum atomic E-state index is 12.6. The average Bonchev–Trinajstić information content (AvgIpc) is 3.39. The largest absolute Gasteiger partial charge is 0.472 e. The molecular formula is C22H19ClN2O3S. The van der Waals surface area contributed by atoms with Crippen LogP contribution >= 0.6 is 23.4 Å². The number of thioether (sulfide) groups is 1. The van der Waals surface area contributed by atoms with E-state index in [2.05, 4.69) is 5.32 Å². The van der Waals surface area contributed by atoms with Gasteiger partial charge in [-0.15, -0.1) is 11.8 Å². The third-order valence-corrected chi connectivity index (χ3v) is 6.12. The number of anilines is 2. The number of nitrogens with zero attached hydrogens (tertiary/aromatic N) is 1. The van der Waals surface area contributed by atoms with Crippen LogP contribution in [0, 0.1) is 0 Å². The molecule has 4 rings (SSSR count). The Hall–Kier alpha value is -2.70. The van der Waals surface area contributed by atoms with Gasteiger partial charge in [-0.25, -0.2) is 0 Å². The molecule has 0 saturated carbocycles. The van der Waals surface area contributed by atoms with Crippen molar-refractivity contribution >= 4 is 46.6 Å². The van der Waals surface area contributed by atoms with Crippen LogP contribution in [0.15, 0.2) is 70.4 Å². The number of carbonyl (C=O) groups is 2. The molecule has 29 heavy (non-hydrogen) atoms. The Balaban J connectivity index is 1.42. The van der Waals surface area contributed by atoms with E-state index in [4.69, 9.17) is 16.0 Å². The van der Waals surface area contributed by atoms with Gasteiger partial charge < -0.3 is 14.6 Å². The Bertz CT molecular complexity index is 1030. The van der Waals surface area contributed by atoms with Crippen LogP contribution in [0.3, 0.4) is 0 Å². The molecule has 1 atom stereocenters. The number of halogens is 1. The lowest BCUT2D eigenvalue weighted by Crippen LogP contribution is -2.28. The van der Waals surface area contributed by atoms with Crippen molar-refractivity contribution in [3.8, 4) is 0 Å². The Morgan fingerprint density at radius 1 is 1.17 bits per heavy atom. The van der Waals surface area contributed by atoms with Crippen LogP contribution in [-0.4, -0.2) is 23.6 Å². The van der Waals surface area contributed by atoms with E-state index in [1.165, 1.54) is 24.3 Å². The van der Waals surface area contributed by atoms with E-state index < -0.39 is 0 Å². The second kappa shape index (κ2) is 8.35. The fourth-order valence-corrected chi connectivity index (χ4v) is 4.24. The van der Waals surface area contributed by atoms with E-state index in [0.29, 0.717) is 17.1 Å². The molecule has 2 amide bonds. The highest BCUT2D eigenvalue weighted by Crippen LogP contribution is 2.32. The quantitative estimate of drug-likeness (QED) is 0.565. The van der Waals surface area contributed by atoms with Crippen molar-refractivity contribution in [2.24, 2.45) is 0 Å². The molecule has 0 aliphatic carbocycles. The summed E-state index contributed by atoms with van der Waals surface area (Å²) < 4.78 is 5.01. The van der Waals surface area contributed by atoms with E-state index in [1.54, 1.807) is 11.0 Å². The molecule has 2 aromatic carbocycles. The average molecular weight is 427 g/mol. The van der Waals surface area contributed by atoms with Gasteiger partial charge in [0.2, 0.25) is 5.91 Å². The zero-order valence-electron chi connectivity index (χ0n) is 15.7. The summed E-state index contributed by atoms with van der Waals surface area (Å²) in [5, 5.41) is 3.38. The topological polar surface area (TPSA) is 62.6 Å². The fourth-order valence-electron chi connectivity index (χ4n) is 3.25. The van der Waals surface area contributed by atoms with Gasteiger partial charge in [0.25, 0.3) is 5.91 Å². The molecule has 1 aliphatic heterocycles. The van der Waals surface area contributed by atoms with Gasteiger partial charge in [-0.2, -0.15) is 0 Å². The second-order valence-electron chi connectivity index (χ2n) is 6.77. The van der Waals surface area contributed by atoms with E-state index in [0.717, 1.165) is 28.3 Å². The van der Waals surface area contributed by atoms with Crippen LogP contribution in [-0.2, 0) is 11.2 Å². The molecule has 5 nitrogen and oxygen atoms in total. The molecule has 0 radical (unpaired) electrons. The van der Waals surface area contributed by atoms with E-state index in [1.807, 2.05) is 49.4 Å². The first-order chi connectivity index (χ1) is 14.0. The number of rotatable bonds is 5.